The third kappa shape index (κ3) is 4.37. The van der Waals surface area contributed by atoms with Gasteiger partial charge in [0.2, 0.25) is 0 Å². The number of nitrogens with one attached hydrogen (secondary N) is 2. The Hall–Kier alpha value is 0.120. The summed E-state index contributed by atoms with van der Waals surface area (Å²) in [4.78, 5) is 0. The number of nitrogens with zero attached hydrogens (tertiary/aromatic N) is 1. The van der Waals surface area contributed by atoms with E-state index >= 15 is 0 Å². The maximum absolute atomic E-state index is 11.8. The van der Waals surface area contributed by atoms with Crippen molar-refractivity contribution in [2.24, 2.45) is 5.92 Å². The Bertz CT molecular complexity index is 312. The monoisotopic (exact) mass is 283 g/mol. The van der Waals surface area contributed by atoms with Crippen LogP contribution in [-0.2, 0) is 10.2 Å². The summed E-state index contributed by atoms with van der Waals surface area (Å²) in [6.45, 7) is 4.04. The minimum atomic E-state index is -3.19. The summed E-state index contributed by atoms with van der Waals surface area (Å²) in [5.41, 5.74) is 0. The van der Waals surface area contributed by atoms with E-state index in [1.165, 1.54) is 6.42 Å². The molecule has 0 aromatic carbocycles. The zero-order valence-corrected chi connectivity index (χ0v) is 11.7. The molecule has 0 aliphatic carbocycles. The number of hydrogen-bond acceptors (Lipinski definition) is 3. The molecule has 0 amide bonds. The van der Waals surface area contributed by atoms with Crippen molar-refractivity contribution in [2.75, 3.05) is 32.7 Å². The van der Waals surface area contributed by atoms with Crippen molar-refractivity contribution in [3.63, 3.8) is 0 Å². The highest BCUT2D eigenvalue weighted by molar-refractivity contribution is 7.87. The molecular weight excluding hydrogens is 262 g/mol. The number of rotatable bonds is 5. The molecule has 0 radical (unpaired) electrons. The van der Waals surface area contributed by atoms with Gasteiger partial charge in [-0.3, -0.25) is 0 Å². The van der Waals surface area contributed by atoms with E-state index in [4.69, 9.17) is 0 Å². The van der Waals surface area contributed by atoms with E-state index in [2.05, 4.69) is 10.0 Å². The predicted molar refractivity (Wildman–Crippen MR) is 70.6 cm³/mol. The molecule has 2 saturated heterocycles. The average Bonchev–Trinajstić information content (AvgIpc) is 2.90. The molecule has 0 spiro atoms. The highest BCUT2D eigenvalue weighted by Crippen LogP contribution is 2.13. The minimum Gasteiger partial charge on any atom is -0.316 e. The second-order valence-corrected chi connectivity index (χ2v) is 6.41. The van der Waals surface area contributed by atoms with Crippen LogP contribution < -0.4 is 10.0 Å². The van der Waals surface area contributed by atoms with E-state index in [0.29, 0.717) is 25.6 Å². The summed E-state index contributed by atoms with van der Waals surface area (Å²) in [6, 6.07) is 0. The van der Waals surface area contributed by atoms with Gasteiger partial charge in [0.15, 0.2) is 0 Å². The fourth-order valence-corrected chi connectivity index (χ4v) is 3.67. The van der Waals surface area contributed by atoms with Crippen LogP contribution in [0, 0.1) is 5.92 Å². The molecule has 1 atom stereocenters. The van der Waals surface area contributed by atoms with Crippen LogP contribution in [0.1, 0.15) is 25.7 Å². The van der Waals surface area contributed by atoms with Gasteiger partial charge in [0.1, 0.15) is 0 Å². The predicted octanol–water partition coefficient (Wildman–Crippen LogP) is 0.338. The lowest BCUT2D eigenvalue weighted by Gasteiger charge is -2.16. The van der Waals surface area contributed by atoms with Crippen LogP contribution >= 0.6 is 12.4 Å². The normalized spacial score (nSPS) is 26.0. The second-order valence-electron chi connectivity index (χ2n) is 4.65. The standard InChI is InChI=1S/C10H21N3O2S.ClH/c14-16(15,13-7-1-2-8-13)12-6-4-10-3-5-11-9-10;/h10-12H,1-9H2;1H. The molecule has 102 valence electrons. The molecule has 17 heavy (non-hydrogen) atoms. The third-order valence-electron chi connectivity index (χ3n) is 3.40. The van der Waals surface area contributed by atoms with Gasteiger partial charge < -0.3 is 5.32 Å². The largest absolute Gasteiger partial charge is 0.316 e. The Kier molecular flexibility index (Phi) is 6.16. The van der Waals surface area contributed by atoms with Gasteiger partial charge >= 0.3 is 0 Å². The zero-order valence-electron chi connectivity index (χ0n) is 10.0. The highest BCUT2D eigenvalue weighted by Gasteiger charge is 2.25. The van der Waals surface area contributed by atoms with Crippen LogP contribution in [0.5, 0.6) is 0 Å². The first-order chi connectivity index (χ1) is 7.68. The lowest BCUT2D eigenvalue weighted by Crippen LogP contribution is -2.39. The van der Waals surface area contributed by atoms with Crippen molar-refractivity contribution in [1.82, 2.24) is 14.3 Å². The van der Waals surface area contributed by atoms with Crippen LogP contribution in [0.4, 0.5) is 0 Å². The van der Waals surface area contributed by atoms with E-state index in [9.17, 15) is 8.42 Å². The molecule has 0 bridgehead atoms. The summed E-state index contributed by atoms with van der Waals surface area (Å²) in [6.07, 6.45) is 4.10. The summed E-state index contributed by atoms with van der Waals surface area (Å²) in [5.74, 6) is 0.640. The molecule has 1 unspecified atom stereocenters. The first kappa shape index (κ1) is 15.2. The molecule has 0 aromatic rings. The molecule has 2 rings (SSSR count). The Morgan fingerprint density at radius 1 is 1.29 bits per heavy atom. The van der Waals surface area contributed by atoms with Crippen molar-refractivity contribution in [3.8, 4) is 0 Å². The maximum Gasteiger partial charge on any atom is 0.279 e. The SMILES string of the molecule is Cl.O=S(=O)(NCCC1CCNC1)N1CCCC1. The van der Waals surface area contributed by atoms with Crippen molar-refractivity contribution in [3.05, 3.63) is 0 Å². The molecule has 2 N–H and O–H groups in total. The first-order valence-electron chi connectivity index (χ1n) is 6.14. The molecule has 2 fully saturated rings. The lowest BCUT2D eigenvalue weighted by molar-refractivity contribution is 0.456. The van der Waals surface area contributed by atoms with Gasteiger partial charge in [-0.05, 0) is 44.7 Å². The molecular formula is C10H22ClN3O2S. The van der Waals surface area contributed by atoms with E-state index in [0.717, 1.165) is 32.4 Å². The van der Waals surface area contributed by atoms with Gasteiger partial charge in [-0.15, -0.1) is 12.4 Å². The van der Waals surface area contributed by atoms with Gasteiger partial charge in [-0.2, -0.15) is 12.7 Å². The molecule has 0 aromatic heterocycles. The van der Waals surface area contributed by atoms with Crippen molar-refractivity contribution < 1.29 is 8.42 Å². The van der Waals surface area contributed by atoms with Gasteiger partial charge in [0.05, 0.1) is 0 Å². The Morgan fingerprint density at radius 2 is 2.00 bits per heavy atom. The summed E-state index contributed by atoms with van der Waals surface area (Å²) in [5, 5.41) is 3.29. The Balaban J connectivity index is 0.00000144. The van der Waals surface area contributed by atoms with Crippen LogP contribution in [-0.4, -0.2) is 45.4 Å². The van der Waals surface area contributed by atoms with Crippen LogP contribution in [0.15, 0.2) is 0 Å². The molecule has 7 heteroatoms. The number of hydrogen-bond donors (Lipinski definition) is 2. The molecule has 5 nitrogen and oxygen atoms in total. The van der Waals surface area contributed by atoms with Crippen LogP contribution in [0.25, 0.3) is 0 Å². The van der Waals surface area contributed by atoms with Crippen molar-refractivity contribution >= 4 is 22.6 Å². The van der Waals surface area contributed by atoms with Crippen molar-refractivity contribution in [2.45, 2.75) is 25.7 Å². The van der Waals surface area contributed by atoms with E-state index in [1.807, 2.05) is 0 Å². The van der Waals surface area contributed by atoms with Crippen LogP contribution in [0.2, 0.25) is 0 Å². The minimum absolute atomic E-state index is 0. The number of halogens is 1. The Morgan fingerprint density at radius 3 is 2.59 bits per heavy atom. The van der Waals surface area contributed by atoms with E-state index in [1.54, 1.807) is 4.31 Å². The molecule has 2 heterocycles. The topological polar surface area (TPSA) is 61.4 Å². The smallest absolute Gasteiger partial charge is 0.279 e. The molecule has 0 saturated carbocycles. The Labute approximate surface area is 110 Å². The van der Waals surface area contributed by atoms with Gasteiger partial charge in [-0.1, -0.05) is 0 Å². The fourth-order valence-electron chi connectivity index (χ4n) is 2.37. The quantitative estimate of drug-likeness (QED) is 0.765. The average molecular weight is 284 g/mol. The molecule has 2 aliphatic heterocycles. The summed E-state index contributed by atoms with van der Waals surface area (Å²) in [7, 11) is -3.19. The van der Waals surface area contributed by atoms with Gasteiger partial charge in [-0.25, -0.2) is 4.72 Å². The first-order valence-corrected chi connectivity index (χ1v) is 7.58. The van der Waals surface area contributed by atoms with Crippen LogP contribution in [0.3, 0.4) is 0 Å². The zero-order chi connectivity index (χ0) is 11.4. The summed E-state index contributed by atoms with van der Waals surface area (Å²) < 4.78 is 27.9. The maximum atomic E-state index is 11.8. The highest BCUT2D eigenvalue weighted by atomic mass is 35.5. The third-order valence-corrected chi connectivity index (χ3v) is 5.02. The van der Waals surface area contributed by atoms with Gasteiger partial charge in [0.25, 0.3) is 10.2 Å². The molecule has 2 aliphatic rings. The second kappa shape index (κ2) is 6.89. The van der Waals surface area contributed by atoms with Gasteiger partial charge in [0, 0.05) is 19.6 Å². The fraction of sp³-hybridized carbons (Fsp3) is 1.00. The van der Waals surface area contributed by atoms with E-state index in [-0.39, 0.29) is 12.4 Å². The van der Waals surface area contributed by atoms with E-state index < -0.39 is 10.2 Å². The lowest BCUT2D eigenvalue weighted by atomic mass is 10.1. The summed E-state index contributed by atoms with van der Waals surface area (Å²) >= 11 is 0. The van der Waals surface area contributed by atoms with Crippen molar-refractivity contribution in [1.29, 1.82) is 0 Å².